The van der Waals surface area contributed by atoms with Crippen LogP contribution in [0.4, 0.5) is 0 Å². The maximum Gasteiger partial charge on any atom is 0.251 e. The van der Waals surface area contributed by atoms with E-state index in [0.717, 1.165) is 11.3 Å². The zero-order chi connectivity index (χ0) is 20.6. The Bertz CT molecular complexity index is 868. The highest BCUT2D eigenvalue weighted by molar-refractivity contribution is 5.97. The Balaban J connectivity index is 1.58. The van der Waals surface area contributed by atoms with Crippen molar-refractivity contribution in [3.63, 3.8) is 0 Å². The Kier molecular flexibility index (Phi) is 6.94. The van der Waals surface area contributed by atoms with Gasteiger partial charge in [-0.2, -0.15) is 0 Å². The number of carbonyl (C=O) groups is 2. The molecule has 0 saturated heterocycles. The van der Waals surface area contributed by atoms with E-state index >= 15 is 0 Å². The zero-order valence-corrected chi connectivity index (χ0v) is 16.7. The van der Waals surface area contributed by atoms with Crippen LogP contribution < -0.4 is 24.8 Å². The molecule has 1 atom stereocenters. The van der Waals surface area contributed by atoms with E-state index < -0.39 is 0 Å². The topological polar surface area (TPSA) is 85.9 Å². The molecular weight excluding hydrogens is 372 g/mol. The van der Waals surface area contributed by atoms with Crippen LogP contribution in [0.5, 0.6) is 17.2 Å². The first-order chi connectivity index (χ1) is 14.1. The molecule has 0 radical (unpaired) electrons. The molecule has 0 saturated carbocycles. The number of nitrogens with one attached hydrogen (secondary N) is 2. The maximum absolute atomic E-state index is 12.5. The van der Waals surface area contributed by atoms with Gasteiger partial charge in [0.1, 0.15) is 5.75 Å². The molecule has 7 nitrogen and oxygen atoms in total. The molecule has 7 heteroatoms. The molecule has 3 rings (SSSR count). The number of carbonyl (C=O) groups excluding carboxylic acids is 2. The van der Waals surface area contributed by atoms with Gasteiger partial charge in [-0.1, -0.05) is 18.2 Å². The summed E-state index contributed by atoms with van der Waals surface area (Å²) in [5.41, 5.74) is 1.35. The predicted molar refractivity (Wildman–Crippen MR) is 109 cm³/mol. The molecule has 1 heterocycles. The fraction of sp³-hybridized carbons (Fsp3) is 0.364. The van der Waals surface area contributed by atoms with Crippen molar-refractivity contribution in [3.8, 4) is 17.2 Å². The van der Waals surface area contributed by atoms with Gasteiger partial charge in [0.25, 0.3) is 5.91 Å². The number of amides is 2. The van der Waals surface area contributed by atoms with Crippen LogP contribution in [0.15, 0.2) is 42.5 Å². The first-order valence-corrected chi connectivity index (χ1v) is 9.81. The van der Waals surface area contributed by atoms with Gasteiger partial charge in [-0.25, -0.2) is 0 Å². The largest absolute Gasteiger partial charge is 0.493 e. The average Bonchev–Trinajstić information content (AvgIpc) is 2.74. The highest BCUT2D eigenvalue weighted by Gasteiger charge is 2.22. The van der Waals surface area contributed by atoms with Crippen LogP contribution in [0, 0.1) is 0 Å². The van der Waals surface area contributed by atoms with Crippen molar-refractivity contribution in [2.45, 2.75) is 26.3 Å². The van der Waals surface area contributed by atoms with Gasteiger partial charge in [0, 0.05) is 17.5 Å². The molecule has 2 aromatic carbocycles. The Morgan fingerprint density at radius 3 is 2.62 bits per heavy atom. The van der Waals surface area contributed by atoms with Crippen molar-refractivity contribution in [1.29, 1.82) is 0 Å². The number of ether oxygens (including phenoxy) is 3. The van der Waals surface area contributed by atoms with E-state index in [1.807, 2.05) is 38.1 Å². The molecule has 1 unspecified atom stereocenters. The lowest BCUT2D eigenvalue weighted by atomic mass is 10.0. The summed E-state index contributed by atoms with van der Waals surface area (Å²) < 4.78 is 16.7. The molecule has 0 spiro atoms. The average molecular weight is 398 g/mol. The molecule has 1 aliphatic heterocycles. The summed E-state index contributed by atoms with van der Waals surface area (Å²) in [4.78, 5) is 24.8. The zero-order valence-electron chi connectivity index (χ0n) is 16.7. The van der Waals surface area contributed by atoms with Crippen molar-refractivity contribution in [1.82, 2.24) is 10.6 Å². The second-order valence-corrected chi connectivity index (χ2v) is 6.51. The monoisotopic (exact) mass is 398 g/mol. The molecule has 154 valence electrons. The molecule has 0 bridgehead atoms. The van der Waals surface area contributed by atoms with Gasteiger partial charge in [-0.3, -0.25) is 9.59 Å². The molecular formula is C22H26N2O5. The summed E-state index contributed by atoms with van der Waals surface area (Å²) in [7, 11) is 0. The minimum Gasteiger partial charge on any atom is -0.493 e. The van der Waals surface area contributed by atoms with E-state index in [2.05, 4.69) is 10.6 Å². The van der Waals surface area contributed by atoms with Crippen LogP contribution in [0.25, 0.3) is 0 Å². The van der Waals surface area contributed by atoms with E-state index in [1.165, 1.54) is 0 Å². The van der Waals surface area contributed by atoms with Crippen molar-refractivity contribution in [2.24, 2.45) is 0 Å². The second kappa shape index (κ2) is 9.82. The SMILES string of the molecule is CCOc1ccc(C(=O)NCC(=O)NC2CCOc3ccccc32)cc1OCC. The highest BCUT2D eigenvalue weighted by Crippen LogP contribution is 2.31. The van der Waals surface area contributed by atoms with Crippen LogP contribution in [0.1, 0.15) is 42.2 Å². The van der Waals surface area contributed by atoms with Gasteiger partial charge in [-0.05, 0) is 38.1 Å². The molecule has 0 fully saturated rings. The van der Waals surface area contributed by atoms with E-state index in [1.54, 1.807) is 18.2 Å². The minimum atomic E-state index is -0.350. The fourth-order valence-electron chi connectivity index (χ4n) is 3.19. The molecule has 0 aromatic heterocycles. The summed E-state index contributed by atoms with van der Waals surface area (Å²) in [5.74, 6) is 1.27. The third-order valence-corrected chi connectivity index (χ3v) is 4.51. The van der Waals surface area contributed by atoms with Crippen molar-refractivity contribution in [2.75, 3.05) is 26.4 Å². The van der Waals surface area contributed by atoms with Crippen molar-refractivity contribution >= 4 is 11.8 Å². The van der Waals surface area contributed by atoms with Crippen LogP contribution in [-0.4, -0.2) is 38.2 Å². The number of benzene rings is 2. The molecule has 2 aromatic rings. The van der Waals surface area contributed by atoms with Crippen molar-refractivity contribution in [3.05, 3.63) is 53.6 Å². The van der Waals surface area contributed by atoms with Gasteiger partial charge in [0.05, 0.1) is 32.4 Å². The first-order valence-electron chi connectivity index (χ1n) is 9.81. The van der Waals surface area contributed by atoms with Gasteiger partial charge >= 0.3 is 0 Å². The lowest BCUT2D eigenvalue weighted by Crippen LogP contribution is -2.40. The summed E-state index contributed by atoms with van der Waals surface area (Å²) in [6.07, 6.45) is 0.688. The summed E-state index contributed by atoms with van der Waals surface area (Å²) in [6, 6.07) is 12.5. The number of hydrogen-bond acceptors (Lipinski definition) is 5. The maximum atomic E-state index is 12.5. The van der Waals surface area contributed by atoms with Crippen LogP contribution in [0.2, 0.25) is 0 Å². The molecule has 2 amide bonds. The number of para-hydroxylation sites is 1. The van der Waals surface area contributed by atoms with E-state index in [4.69, 9.17) is 14.2 Å². The van der Waals surface area contributed by atoms with Crippen LogP contribution >= 0.6 is 0 Å². The van der Waals surface area contributed by atoms with Crippen LogP contribution in [0.3, 0.4) is 0 Å². The number of fused-ring (bicyclic) bond motifs is 1. The molecule has 1 aliphatic rings. The smallest absolute Gasteiger partial charge is 0.251 e. The van der Waals surface area contributed by atoms with E-state index in [-0.39, 0.29) is 24.4 Å². The van der Waals surface area contributed by atoms with Gasteiger partial charge < -0.3 is 24.8 Å². The third-order valence-electron chi connectivity index (χ3n) is 4.51. The van der Waals surface area contributed by atoms with E-state index in [0.29, 0.717) is 43.3 Å². The van der Waals surface area contributed by atoms with Crippen LogP contribution in [-0.2, 0) is 4.79 Å². The standard InChI is InChI=1S/C22H26N2O5/c1-3-27-19-10-9-15(13-20(19)28-4-2)22(26)23-14-21(25)24-17-11-12-29-18-8-6-5-7-16(17)18/h5-10,13,17H,3-4,11-12,14H2,1-2H3,(H,23,26)(H,24,25). The highest BCUT2D eigenvalue weighted by atomic mass is 16.5. The quantitative estimate of drug-likeness (QED) is 0.714. The molecule has 29 heavy (non-hydrogen) atoms. The lowest BCUT2D eigenvalue weighted by molar-refractivity contribution is -0.121. The number of hydrogen-bond donors (Lipinski definition) is 2. The van der Waals surface area contributed by atoms with Gasteiger partial charge in [0.15, 0.2) is 11.5 Å². The summed E-state index contributed by atoms with van der Waals surface area (Å²) >= 11 is 0. The predicted octanol–water partition coefficient (Wildman–Crippen LogP) is 2.85. The summed E-state index contributed by atoms with van der Waals surface area (Å²) in [6.45, 7) is 5.13. The van der Waals surface area contributed by atoms with Gasteiger partial charge in [-0.15, -0.1) is 0 Å². The minimum absolute atomic E-state index is 0.116. The third kappa shape index (κ3) is 5.19. The Morgan fingerprint density at radius 2 is 1.83 bits per heavy atom. The molecule has 2 N–H and O–H groups in total. The van der Waals surface area contributed by atoms with Crippen molar-refractivity contribution < 1.29 is 23.8 Å². The fourth-order valence-corrected chi connectivity index (χ4v) is 3.19. The molecule has 0 aliphatic carbocycles. The Hall–Kier alpha value is -3.22. The normalized spacial score (nSPS) is 14.9. The lowest BCUT2D eigenvalue weighted by Gasteiger charge is -2.26. The first kappa shape index (κ1) is 20.5. The van der Waals surface area contributed by atoms with Gasteiger partial charge in [0.2, 0.25) is 5.91 Å². The second-order valence-electron chi connectivity index (χ2n) is 6.51. The van der Waals surface area contributed by atoms with E-state index in [9.17, 15) is 9.59 Å². The Morgan fingerprint density at radius 1 is 1.07 bits per heavy atom. The Labute approximate surface area is 170 Å². The number of rotatable bonds is 8. The summed E-state index contributed by atoms with van der Waals surface area (Å²) in [5, 5.41) is 5.62.